The third-order valence-corrected chi connectivity index (χ3v) is 6.78. The smallest absolute Gasteiger partial charge is 0.264 e. The van der Waals surface area contributed by atoms with Crippen LogP contribution in [0.3, 0.4) is 0 Å². The van der Waals surface area contributed by atoms with E-state index in [0.717, 1.165) is 0 Å². The Kier molecular flexibility index (Phi) is 7.43. The summed E-state index contributed by atoms with van der Waals surface area (Å²) in [4.78, 5) is 12.3. The van der Waals surface area contributed by atoms with Crippen molar-refractivity contribution in [3.05, 3.63) is 82.8 Å². The number of benzene rings is 3. The molecule has 0 aromatic heterocycles. The van der Waals surface area contributed by atoms with E-state index in [-0.39, 0.29) is 18.0 Å². The minimum atomic E-state index is -3.68. The summed E-state index contributed by atoms with van der Waals surface area (Å²) in [5, 5.41) is 3.43. The first kappa shape index (κ1) is 22.9. The van der Waals surface area contributed by atoms with Crippen LogP contribution in [0.2, 0.25) is 10.0 Å². The van der Waals surface area contributed by atoms with E-state index in [1.54, 1.807) is 73.7 Å². The summed E-state index contributed by atoms with van der Waals surface area (Å²) in [5.41, 5.74) is 0.927. The van der Waals surface area contributed by atoms with Crippen LogP contribution in [-0.4, -0.2) is 27.5 Å². The predicted molar refractivity (Wildman–Crippen MR) is 124 cm³/mol. The SMILES string of the molecule is CCN(c1ccc(OCC(=O)Nc2ccc(Cl)cc2Cl)cc1)S(=O)(=O)c1ccccc1. The number of anilines is 2. The normalized spacial score (nSPS) is 11.1. The van der Waals surface area contributed by atoms with Crippen molar-refractivity contribution < 1.29 is 17.9 Å². The molecule has 0 spiro atoms. The molecule has 0 aliphatic rings. The fourth-order valence-corrected chi connectivity index (χ4v) is 4.80. The Morgan fingerprint density at radius 2 is 1.68 bits per heavy atom. The Bertz CT molecular complexity index is 1150. The molecule has 9 heteroatoms. The van der Waals surface area contributed by atoms with Crippen molar-refractivity contribution in [1.82, 2.24) is 0 Å². The lowest BCUT2D eigenvalue weighted by Crippen LogP contribution is -2.30. The van der Waals surface area contributed by atoms with E-state index in [2.05, 4.69) is 5.32 Å². The van der Waals surface area contributed by atoms with Crippen molar-refractivity contribution in [2.45, 2.75) is 11.8 Å². The zero-order chi connectivity index (χ0) is 22.4. The molecule has 31 heavy (non-hydrogen) atoms. The number of nitrogens with zero attached hydrogens (tertiary/aromatic N) is 1. The molecule has 0 aliphatic heterocycles. The van der Waals surface area contributed by atoms with E-state index in [1.165, 1.54) is 10.4 Å². The summed E-state index contributed by atoms with van der Waals surface area (Å²) in [5.74, 6) is 0.0319. The third-order valence-electron chi connectivity index (χ3n) is 4.32. The number of hydrogen-bond donors (Lipinski definition) is 1. The molecule has 3 rings (SSSR count). The molecule has 0 aliphatic carbocycles. The fraction of sp³-hybridized carbons (Fsp3) is 0.136. The fourth-order valence-electron chi connectivity index (χ4n) is 2.85. The van der Waals surface area contributed by atoms with E-state index >= 15 is 0 Å². The van der Waals surface area contributed by atoms with Gasteiger partial charge in [-0.05, 0) is 61.5 Å². The van der Waals surface area contributed by atoms with Gasteiger partial charge in [-0.2, -0.15) is 0 Å². The zero-order valence-corrected chi connectivity index (χ0v) is 18.9. The Balaban J connectivity index is 1.65. The number of nitrogens with one attached hydrogen (secondary N) is 1. The Labute approximate surface area is 191 Å². The number of amides is 1. The van der Waals surface area contributed by atoms with E-state index in [1.807, 2.05) is 0 Å². The molecule has 0 bridgehead atoms. The standard InChI is InChI=1S/C22H20Cl2N2O4S/c1-2-26(31(28,29)19-6-4-3-5-7-19)17-9-11-18(12-10-17)30-15-22(27)25-21-13-8-16(23)14-20(21)24/h3-14H,2,15H2,1H3,(H,25,27). The number of halogens is 2. The van der Waals surface area contributed by atoms with Gasteiger partial charge in [0.15, 0.2) is 6.61 Å². The van der Waals surface area contributed by atoms with Crippen LogP contribution in [0.5, 0.6) is 5.75 Å². The van der Waals surface area contributed by atoms with Gasteiger partial charge in [0.1, 0.15) is 5.75 Å². The molecular formula is C22H20Cl2N2O4S. The van der Waals surface area contributed by atoms with Crippen molar-refractivity contribution in [1.29, 1.82) is 0 Å². The van der Waals surface area contributed by atoms with Crippen molar-refractivity contribution in [3.8, 4) is 5.75 Å². The summed E-state index contributed by atoms with van der Waals surface area (Å²) in [6.45, 7) is 1.79. The van der Waals surface area contributed by atoms with E-state index in [4.69, 9.17) is 27.9 Å². The first-order valence-electron chi connectivity index (χ1n) is 9.37. The minimum Gasteiger partial charge on any atom is -0.484 e. The van der Waals surface area contributed by atoms with Crippen molar-refractivity contribution >= 4 is 50.5 Å². The number of carbonyl (C=O) groups is 1. The van der Waals surface area contributed by atoms with E-state index < -0.39 is 15.9 Å². The van der Waals surface area contributed by atoms with Gasteiger partial charge >= 0.3 is 0 Å². The molecule has 0 saturated heterocycles. The number of carbonyl (C=O) groups excluding carboxylic acids is 1. The molecule has 162 valence electrons. The molecule has 6 nitrogen and oxygen atoms in total. The van der Waals surface area contributed by atoms with Crippen LogP contribution < -0.4 is 14.4 Å². The highest BCUT2D eigenvalue weighted by atomic mass is 35.5. The lowest BCUT2D eigenvalue weighted by atomic mass is 10.3. The third kappa shape index (κ3) is 5.70. The second-order valence-electron chi connectivity index (χ2n) is 6.44. The maximum absolute atomic E-state index is 12.9. The zero-order valence-electron chi connectivity index (χ0n) is 16.6. The Morgan fingerprint density at radius 3 is 2.29 bits per heavy atom. The molecular weight excluding hydrogens is 459 g/mol. The van der Waals surface area contributed by atoms with Crippen LogP contribution in [0.25, 0.3) is 0 Å². The van der Waals surface area contributed by atoms with Gasteiger partial charge in [-0.1, -0.05) is 41.4 Å². The summed E-state index contributed by atoms with van der Waals surface area (Å²) >= 11 is 11.9. The molecule has 1 N–H and O–H groups in total. The summed E-state index contributed by atoms with van der Waals surface area (Å²) in [7, 11) is -3.68. The van der Waals surface area contributed by atoms with Crippen LogP contribution in [0.4, 0.5) is 11.4 Å². The van der Waals surface area contributed by atoms with Crippen molar-refractivity contribution in [2.24, 2.45) is 0 Å². The van der Waals surface area contributed by atoms with E-state index in [9.17, 15) is 13.2 Å². The van der Waals surface area contributed by atoms with Crippen molar-refractivity contribution in [3.63, 3.8) is 0 Å². The molecule has 1 amide bonds. The summed E-state index contributed by atoms with van der Waals surface area (Å²) < 4.78 is 32.6. The highest BCUT2D eigenvalue weighted by Gasteiger charge is 2.23. The van der Waals surface area contributed by atoms with Gasteiger partial charge in [-0.15, -0.1) is 0 Å². The Hall–Kier alpha value is -2.74. The van der Waals surface area contributed by atoms with Gasteiger partial charge in [-0.25, -0.2) is 8.42 Å². The number of sulfonamides is 1. The molecule has 0 saturated carbocycles. The average Bonchev–Trinajstić information content (AvgIpc) is 2.76. The number of rotatable bonds is 8. The van der Waals surface area contributed by atoms with Gasteiger partial charge in [0, 0.05) is 11.6 Å². The summed E-state index contributed by atoms with van der Waals surface area (Å²) in [6, 6.07) is 19.5. The molecule has 0 heterocycles. The quantitative estimate of drug-likeness (QED) is 0.480. The van der Waals surface area contributed by atoms with Crippen LogP contribution in [-0.2, 0) is 14.8 Å². The van der Waals surface area contributed by atoms with E-state index in [0.29, 0.717) is 27.2 Å². The molecule has 0 fully saturated rings. The van der Waals surface area contributed by atoms with Gasteiger partial charge in [0.05, 0.1) is 21.3 Å². The van der Waals surface area contributed by atoms with Crippen molar-refractivity contribution in [2.75, 3.05) is 22.8 Å². The van der Waals surface area contributed by atoms with Gasteiger partial charge in [0.2, 0.25) is 0 Å². The second kappa shape index (κ2) is 10.0. The lowest BCUT2D eigenvalue weighted by molar-refractivity contribution is -0.118. The highest BCUT2D eigenvalue weighted by molar-refractivity contribution is 7.92. The largest absolute Gasteiger partial charge is 0.484 e. The van der Waals surface area contributed by atoms with Crippen LogP contribution >= 0.6 is 23.2 Å². The maximum atomic E-state index is 12.9. The molecule has 0 atom stereocenters. The molecule has 3 aromatic rings. The average molecular weight is 479 g/mol. The highest BCUT2D eigenvalue weighted by Crippen LogP contribution is 2.27. The molecule has 0 unspecified atom stereocenters. The van der Waals surface area contributed by atoms with Crippen LogP contribution in [0.15, 0.2) is 77.7 Å². The lowest BCUT2D eigenvalue weighted by Gasteiger charge is -2.23. The summed E-state index contributed by atoms with van der Waals surface area (Å²) in [6.07, 6.45) is 0. The predicted octanol–water partition coefficient (Wildman–Crippen LogP) is 5.23. The minimum absolute atomic E-state index is 0.217. The molecule has 0 radical (unpaired) electrons. The van der Waals surface area contributed by atoms with Gasteiger partial charge in [0.25, 0.3) is 15.9 Å². The van der Waals surface area contributed by atoms with Crippen LogP contribution in [0, 0.1) is 0 Å². The Morgan fingerprint density at radius 1 is 1.00 bits per heavy atom. The number of hydrogen-bond acceptors (Lipinski definition) is 4. The van der Waals surface area contributed by atoms with Crippen LogP contribution in [0.1, 0.15) is 6.92 Å². The first-order valence-corrected chi connectivity index (χ1v) is 11.6. The van der Waals surface area contributed by atoms with Gasteiger partial charge in [-0.3, -0.25) is 9.10 Å². The maximum Gasteiger partial charge on any atom is 0.264 e. The number of ether oxygens (including phenoxy) is 1. The van der Waals surface area contributed by atoms with Gasteiger partial charge < -0.3 is 10.1 Å². The topological polar surface area (TPSA) is 75.7 Å². The first-order chi connectivity index (χ1) is 14.8. The second-order valence-corrected chi connectivity index (χ2v) is 9.14. The monoisotopic (exact) mass is 478 g/mol. The molecule has 3 aromatic carbocycles.